The summed E-state index contributed by atoms with van der Waals surface area (Å²) in [5.41, 5.74) is 3.91. The van der Waals surface area contributed by atoms with Gasteiger partial charge in [0.1, 0.15) is 6.04 Å². The lowest BCUT2D eigenvalue weighted by molar-refractivity contribution is -0.131. The van der Waals surface area contributed by atoms with E-state index in [0.29, 0.717) is 11.6 Å². The summed E-state index contributed by atoms with van der Waals surface area (Å²) in [6, 6.07) is 16.0. The second-order valence-corrected chi connectivity index (χ2v) is 8.70. The predicted octanol–water partition coefficient (Wildman–Crippen LogP) is 1.10. The number of likely N-dealkylation sites (N-methyl/N-ethyl adjacent to an activating group) is 1. The number of hydrogen-bond acceptors (Lipinski definition) is 6. The number of nitrogens with zero attached hydrogens (tertiary/aromatic N) is 2. The Morgan fingerprint density at radius 3 is 2.26 bits per heavy atom. The number of amides is 3. The van der Waals surface area contributed by atoms with E-state index in [1.54, 1.807) is 17.6 Å². The zero-order valence-electron chi connectivity index (χ0n) is 19.7. The number of hydrogen-bond donors (Lipinski definition) is 4. The molecule has 0 saturated carbocycles. The third-order valence-corrected chi connectivity index (χ3v) is 6.19. The second kappa shape index (κ2) is 12.3. The van der Waals surface area contributed by atoms with Gasteiger partial charge in [0.05, 0.1) is 6.54 Å². The second-order valence-electron chi connectivity index (χ2n) is 8.70. The first-order valence-corrected chi connectivity index (χ1v) is 11.4. The molecule has 3 rings (SSSR count). The lowest BCUT2D eigenvalue weighted by atomic mass is 10.0. The molecule has 9 nitrogen and oxygen atoms in total. The molecule has 2 aromatic carbocycles. The molecule has 0 bridgehead atoms. The van der Waals surface area contributed by atoms with Crippen LogP contribution in [0.5, 0.6) is 0 Å². The normalized spacial score (nSPS) is 15.5. The number of hydroxylamine groups is 1. The minimum Gasteiger partial charge on any atom is -0.352 e. The van der Waals surface area contributed by atoms with Gasteiger partial charge < -0.3 is 15.5 Å². The van der Waals surface area contributed by atoms with Gasteiger partial charge in [0.15, 0.2) is 0 Å². The highest BCUT2D eigenvalue weighted by Crippen LogP contribution is 2.19. The van der Waals surface area contributed by atoms with Crippen LogP contribution in [0.25, 0.3) is 11.1 Å². The van der Waals surface area contributed by atoms with Gasteiger partial charge in [-0.3, -0.25) is 24.5 Å². The zero-order valence-corrected chi connectivity index (χ0v) is 19.7. The Kier molecular flexibility index (Phi) is 9.15. The summed E-state index contributed by atoms with van der Waals surface area (Å²) in [6.45, 7) is 2.04. The number of rotatable bonds is 9. The Morgan fingerprint density at radius 2 is 1.65 bits per heavy atom. The van der Waals surface area contributed by atoms with E-state index in [2.05, 4.69) is 22.6 Å². The van der Waals surface area contributed by atoms with Crippen molar-refractivity contribution in [3.05, 3.63) is 60.2 Å². The average molecular weight is 468 g/mol. The molecule has 34 heavy (non-hydrogen) atoms. The Balaban J connectivity index is 1.53. The highest BCUT2D eigenvalue weighted by Gasteiger charge is 2.24. The highest BCUT2D eigenvalue weighted by atomic mass is 16.5. The average Bonchev–Trinajstić information content (AvgIpc) is 2.86. The van der Waals surface area contributed by atoms with E-state index in [1.165, 1.54) is 0 Å². The third-order valence-electron chi connectivity index (χ3n) is 6.19. The standard InChI is InChI=1S/C25H33N5O4/c1-29-14-12-21(13-15-29)30(2)17-23(31)26-16-22(25(33)28-34)27-24(32)20-10-8-19(9-11-20)18-6-4-3-5-7-18/h3-11,21-22,34H,12-17H2,1-2H3,(H,26,31)(H,27,32)(H,28,33)/t22-/m0/s1. The summed E-state index contributed by atoms with van der Waals surface area (Å²) in [5, 5.41) is 14.3. The first-order chi connectivity index (χ1) is 16.4. The molecule has 1 heterocycles. The molecule has 9 heteroatoms. The lowest BCUT2D eigenvalue weighted by Crippen LogP contribution is -2.53. The van der Waals surface area contributed by atoms with Crippen molar-refractivity contribution in [1.82, 2.24) is 25.9 Å². The molecule has 0 spiro atoms. The number of carbonyl (C=O) groups excluding carboxylic acids is 3. The molecule has 1 aliphatic rings. The minimum atomic E-state index is -1.12. The van der Waals surface area contributed by atoms with Crippen LogP contribution in [0, 0.1) is 0 Å². The topological polar surface area (TPSA) is 114 Å². The van der Waals surface area contributed by atoms with Crippen molar-refractivity contribution in [2.45, 2.75) is 24.9 Å². The SMILES string of the molecule is CN1CCC(N(C)CC(=O)NC[C@H](NC(=O)c2ccc(-c3ccccc3)cc2)C(=O)NO)CC1. The highest BCUT2D eigenvalue weighted by molar-refractivity contribution is 5.98. The molecule has 0 aromatic heterocycles. The van der Waals surface area contributed by atoms with Crippen molar-refractivity contribution in [1.29, 1.82) is 0 Å². The van der Waals surface area contributed by atoms with Crippen molar-refractivity contribution in [2.24, 2.45) is 0 Å². The molecule has 1 saturated heterocycles. The minimum absolute atomic E-state index is 0.139. The summed E-state index contributed by atoms with van der Waals surface area (Å²) in [4.78, 5) is 41.5. The number of likely N-dealkylation sites (tertiary alicyclic amines) is 1. The summed E-state index contributed by atoms with van der Waals surface area (Å²) in [7, 11) is 4.00. The van der Waals surface area contributed by atoms with Gasteiger partial charge in [0.25, 0.3) is 11.8 Å². The van der Waals surface area contributed by atoms with Gasteiger partial charge in [0, 0.05) is 18.2 Å². The van der Waals surface area contributed by atoms with Crippen LogP contribution in [0.15, 0.2) is 54.6 Å². The fourth-order valence-electron chi connectivity index (χ4n) is 4.04. The van der Waals surface area contributed by atoms with Gasteiger partial charge >= 0.3 is 0 Å². The van der Waals surface area contributed by atoms with Gasteiger partial charge in [-0.15, -0.1) is 0 Å². The van der Waals surface area contributed by atoms with E-state index in [0.717, 1.165) is 37.1 Å². The fourth-order valence-corrected chi connectivity index (χ4v) is 4.04. The zero-order chi connectivity index (χ0) is 24.5. The van der Waals surface area contributed by atoms with E-state index < -0.39 is 17.9 Å². The van der Waals surface area contributed by atoms with Crippen LogP contribution < -0.4 is 16.1 Å². The molecule has 0 unspecified atom stereocenters. The number of nitrogens with one attached hydrogen (secondary N) is 3. The van der Waals surface area contributed by atoms with Gasteiger partial charge in [-0.1, -0.05) is 42.5 Å². The van der Waals surface area contributed by atoms with E-state index in [-0.39, 0.29) is 19.0 Å². The van der Waals surface area contributed by atoms with Gasteiger partial charge in [-0.05, 0) is 63.3 Å². The van der Waals surface area contributed by atoms with E-state index in [4.69, 9.17) is 5.21 Å². The Morgan fingerprint density at radius 1 is 1.03 bits per heavy atom. The first-order valence-electron chi connectivity index (χ1n) is 11.4. The molecule has 1 aliphatic heterocycles. The van der Waals surface area contributed by atoms with Crippen molar-refractivity contribution in [3.8, 4) is 11.1 Å². The lowest BCUT2D eigenvalue weighted by Gasteiger charge is -2.34. The van der Waals surface area contributed by atoms with E-state index in [1.807, 2.05) is 54.4 Å². The van der Waals surface area contributed by atoms with Crippen LogP contribution in [0.1, 0.15) is 23.2 Å². The molecule has 3 amide bonds. The molecule has 1 atom stereocenters. The smallest absolute Gasteiger partial charge is 0.267 e. The Bertz CT molecular complexity index is 959. The Hall–Kier alpha value is -3.27. The monoisotopic (exact) mass is 467 g/mol. The van der Waals surface area contributed by atoms with Gasteiger partial charge in [-0.2, -0.15) is 0 Å². The van der Waals surface area contributed by atoms with Gasteiger partial charge in [-0.25, -0.2) is 5.48 Å². The summed E-state index contributed by atoms with van der Waals surface area (Å²) in [6.07, 6.45) is 1.99. The predicted molar refractivity (Wildman–Crippen MR) is 129 cm³/mol. The molecule has 2 aromatic rings. The first kappa shape index (κ1) is 25.4. The number of piperidine rings is 1. The van der Waals surface area contributed by atoms with Crippen molar-refractivity contribution in [3.63, 3.8) is 0 Å². The summed E-state index contributed by atoms with van der Waals surface area (Å²) < 4.78 is 0. The van der Waals surface area contributed by atoms with E-state index >= 15 is 0 Å². The van der Waals surface area contributed by atoms with Crippen molar-refractivity contribution < 1.29 is 19.6 Å². The van der Waals surface area contributed by atoms with E-state index in [9.17, 15) is 14.4 Å². The molecular formula is C25H33N5O4. The molecule has 1 fully saturated rings. The van der Waals surface area contributed by atoms with Gasteiger partial charge in [0.2, 0.25) is 5.91 Å². The van der Waals surface area contributed by atoms with Crippen LogP contribution in [0.4, 0.5) is 0 Å². The van der Waals surface area contributed by atoms with Crippen LogP contribution >= 0.6 is 0 Å². The third kappa shape index (κ3) is 7.11. The van der Waals surface area contributed by atoms with Crippen LogP contribution in [-0.2, 0) is 9.59 Å². The number of carbonyl (C=O) groups is 3. The van der Waals surface area contributed by atoms with Crippen molar-refractivity contribution >= 4 is 17.7 Å². The Labute approximate surface area is 200 Å². The summed E-state index contributed by atoms with van der Waals surface area (Å²) in [5.74, 6) is -1.54. The molecular weight excluding hydrogens is 434 g/mol. The quantitative estimate of drug-likeness (QED) is 0.324. The number of benzene rings is 2. The van der Waals surface area contributed by atoms with Crippen LogP contribution in [0.3, 0.4) is 0 Å². The molecule has 4 N–H and O–H groups in total. The maximum atomic E-state index is 12.7. The largest absolute Gasteiger partial charge is 0.352 e. The summed E-state index contributed by atoms with van der Waals surface area (Å²) >= 11 is 0. The maximum absolute atomic E-state index is 12.7. The van der Waals surface area contributed by atoms with Crippen LogP contribution in [0.2, 0.25) is 0 Å². The molecule has 0 radical (unpaired) electrons. The molecule has 0 aliphatic carbocycles. The molecule has 182 valence electrons. The fraction of sp³-hybridized carbons (Fsp3) is 0.400. The van der Waals surface area contributed by atoms with Crippen LogP contribution in [-0.4, -0.2) is 85.1 Å². The maximum Gasteiger partial charge on any atom is 0.267 e. The van der Waals surface area contributed by atoms with Crippen molar-refractivity contribution in [2.75, 3.05) is 40.3 Å².